The number of nitrogens with zero attached hydrogens (tertiary/aromatic N) is 2. The number of rotatable bonds is 5. The van der Waals surface area contributed by atoms with E-state index in [9.17, 15) is 4.79 Å². The lowest BCUT2D eigenvalue weighted by atomic mass is 9.72. The lowest BCUT2D eigenvalue weighted by Gasteiger charge is -2.33. The minimum atomic E-state index is 0.0653. The van der Waals surface area contributed by atoms with Crippen LogP contribution >= 0.6 is 23.1 Å². The first-order chi connectivity index (χ1) is 14.3. The van der Waals surface area contributed by atoms with Crippen molar-refractivity contribution in [1.29, 1.82) is 0 Å². The summed E-state index contributed by atoms with van der Waals surface area (Å²) in [6.45, 7) is 9.12. The molecule has 0 bridgehead atoms. The molecule has 0 saturated heterocycles. The number of thiophene rings is 1. The van der Waals surface area contributed by atoms with Gasteiger partial charge in [-0.05, 0) is 66.8 Å². The van der Waals surface area contributed by atoms with Crippen LogP contribution in [0.3, 0.4) is 0 Å². The van der Waals surface area contributed by atoms with E-state index in [1.807, 2.05) is 24.3 Å². The number of thioether (sulfide) groups is 1. The fourth-order valence-corrected chi connectivity index (χ4v) is 6.40. The highest BCUT2D eigenvalue weighted by Gasteiger charge is 2.32. The Kier molecular flexibility index (Phi) is 5.99. The van der Waals surface area contributed by atoms with E-state index in [1.54, 1.807) is 34.8 Å². The highest BCUT2D eigenvalue weighted by Crippen LogP contribution is 2.42. The Morgan fingerprint density at radius 3 is 2.63 bits per heavy atom. The van der Waals surface area contributed by atoms with Crippen LogP contribution in [0.2, 0.25) is 0 Å². The molecular formula is C24H30N2O2S2. The van der Waals surface area contributed by atoms with E-state index < -0.39 is 0 Å². The van der Waals surface area contributed by atoms with E-state index in [-0.39, 0.29) is 11.0 Å². The van der Waals surface area contributed by atoms with Crippen molar-refractivity contribution < 1.29 is 4.74 Å². The summed E-state index contributed by atoms with van der Waals surface area (Å²) >= 11 is 3.39. The van der Waals surface area contributed by atoms with Crippen molar-refractivity contribution in [2.75, 3.05) is 12.9 Å². The van der Waals surface area contributed by atoms with Gasteiger partial charge < -0.3 is 4.74 Å². The van der Waals surface area contributed by atoms with Crippen molar-refractivity contribution >= 4 is 33.3 Å². The van der Waals surface area contributed by atoms with Gasteiger partial charge in [0.15, 0.2) is 5.16 Å². The molecule has 1 aromatic carbocycles. The van der Waals surface area contributed by atoms with Gasteiger partial charge >= 0.3 is 0 Å². The van der Waals surface area contributed by atoms with Crippen LogP contribution in [0.5, 0.6) is 5.75 Å². The van der Waals surface area contributed by atoms with Crippen LogP contribution in [0.15, 0.2) is 34.2 Å². The van der Waals surface area contributed by atoms with Gasteiger partial charge in [0.1, 0.15) is 10.6 Å². The average Bonchev–Trinajstić information content (AvgIpc) is 3.09. The Balaban J connectivity index is 1.88. The Hall–Kier alpha value is -1.79. The summed E-state index contributed by atoms with van der Waals surface area (Å²) in [5, 5.41) is 1.62. The van der Waals surface area contributed by atoms with Crippen LogP contribution in [0.1, 0.15) is 51.0 Å². The predicted molar refractivity (Wildman–Crippen MR) is 128 cm³/mol. The molecule has 4 nitrogen and oxygen atoms in total. The zero-order valence-electron chi connectivity index (χ0n) is 18.4. The molecule has 2 heterocycles. The Morgan fingerprint density at radius 1 is 1.27 bits per heavy atom. The second kappa shape index (κ2) is 8.39. The van der Waals surface area contributed by atoms with Gasteiger partial charge in [0.25, 0.3) is 5.56 Å². The molecule has 2 aromatic heterocycles. The van der Waals surface area contributed by atoms with Crippen LogP contribution in [0.25, 0.3) is 15.9 Å². The minimum Gasteiger partial charge on any atom is -0.497 e. The van der Waals surface area contributed by atoms with Gasteiger partial charge in [-0.25, -0.2) is 4.98 Å². The lowest BCUT2D eigenvalue weighted by Crippen LogP contribution is -2.27. The number of hydrogen-bond donors (Lipinski definition) is 0. The van der Waals surface area contributed by atoms with E-state index in [1.165, 1.54) is 10.4 Å². The first-order valence-electron chi connectivity index (χ1n) is 10.7. The molecule has 30 heavy (non-hydrogen) atoms. The third-order valence-corrected chi connectivity index (χ3v) is 8.34. The largest absolute Gasteiger partial charge is 0.497 e. The van der Waals surface area contributed by atoms with Gasteiger partial charge in [0.05, 0.1) is 18.2 Å². The summed E-state index contributed by atoms with van der Waals surface area (Å²) in [4.78, 5) is 21.0. The average molecular weight is 443 g/mol. The van der Waals surface area contributed by atoms with Crippen LogP contribution < -0.4 is 10.3 Å². The van der Waals surface area contributed by atoms with Crippen molar-refractivity contribution in [3.05, 3.63) is 45.1 Å². The number of hydrogen-bond acceptors (Lipinski definition) is 5. The third kappa shape index (κ3) is 3.92. The third-order valence-electron chi connectivity index (χ3n) is 6.04. The monoisotopic (exact) mass is 442 g/mol. The highest BCUT2D eigenvalue weighted by atomic mass is 32.2. The first-order valence-corrected chi connectivity index (χ1v) is 12.5. The van der Waals surface area contributed by atoms with Gasteiger partial charge in [-0.1, -0.05) is 39.5 Å². The molecule has 0 unspecified atom stereocenters. The molecule has 0 radical (unpaired) electrons. The van der Waals surface area contributed by atoms with Gasteiger partial charge in [-0.15, -0.1) is 11.3 Å². The van der Waals surface area contributed by atoms with Gasteiger partial charge in [-0.2, -0.15) is 0 Å². The standard InChI is InChI=1S/C24H30N2O2S2/c1-6-13-29-23-25-21-20(18-12-7-15(24(2,3)4)14-19(18)30-21)22(27)26(23)16-8-10-17(28-5)11-9-16/h8-11,15H,6-7,12-14H2,1-5H3/t15-/m1/s1. The molecule has 1 aliphatic carbocycles. The zero-order valence-corrected chi connectivity index (χ0v) is 20.1. The number of methoxy groups -OCH3 is 1. The molecule has 6 heteroatoms. The molecule has 0 aliphatic heterocycles. The van der Waals surface area contributed by atoms with E-state index in [2.05, 4.69) is 27.7 Å². The molecule has 4 rings (SSSR count). The molecule has 0 amide bonds. The summed E-state index contributed by atoms with van der Waals surface area (Å²) < 4.78 is 7.09. The molecule has 1 aliphatic rings. The van der Waals surface area contributed by atoms with Crippen LogP contribution in [0.4, 0.5) is 0 Å². The summed E-state index contributed by atoms with van der Waals surface area (Å²) in [5.41, 5.74) is 2.43. The molecule has 0 saturated carbocycles. The second-order valence-corrected chi connectivity index (χ2v) is 11.2. The van der Waals surface area contributed by atoms with E-state index in [4.69, 9.17) is 9.72 Å². The molecule has 0 fully saturated rings. The molecular weight excluding hydrogens is 412 g/mol. The Bertz CT molecular complexity index is 1110. The summed E-state index contributed by atoms with van der Waals surface area (Å²) in [6, 6.07) is 7.69. The molecule has 0 spiro atoms. The predicted octanol–water partition coefficient (Wildman–Crippen LogP) is 6.11. The maximum absolute atomic E-state index is 13.8. The number of fused-ring (bicyclic) bond motifs is 3. The van der Waals surface area contributed by atoms with Crippen molar-refractivity contribution in [2.24, 2.45) is 11.3 Å². The Morgan fingerprint density at radius 2 is 2.00 bits per heavy atom. The van der Waals surface area contributed by atoms with Gasteiger partial charge in [0.2, 0.25) is 0 Å². The van der Waals surface area contributed by atoms with Crippen molar-refractivity contribution in [3.63, 3.8) is 0 Å². The maximum Gasteiger partial charge on any atom is 0.267 e. The summed E-state index contributed by atoms with van der Waals surface area (Å²) in [7, 11) is 1.65. The molecule has 160 valence electrons. The SMILES string of the molecule is CCCSc1nc2sc3c(c2c(=O)n1-c1ccc(OC)cc1)CC[C@@H](C(C)(C)C)C3. The van der Waals surface area contributed by atoms with Crippen LogP contribution in [0, 0.1) is 11.3 Å². The van der Waals surface area contributed by atoms with Crippen LogP contribution in [-0.2, 0) is 12.8 Å². The van der Waals surface area contributed by atoms with Gasteiger partial charge in [-0.3, -0.25) is 9.36 Å². The molecule has 3 aromatic rings. The van der Waals surface area contributed by atoms with Crippen LogP contribution in [-0.4, -0.2) is 22.4 Å². The van der Waals surface area contributed by atoms with E-state index in [0.29, 0.717) is 5.92 Å². The number of aromatic nitrogens is 2. The topological polar surface area (TPSA) is 44.1 Å². The zero-order chi connectivity index (χ0) is 21.5. The quantitative estimate of drug-likeness (QED) is 0.353. The Labute approximate surface area is 186 Å². The van der Waals surface area contributed by atoms with Crippen molar-refractivity contribution in [3.8, 4) is 11.4 Å². The maximum atomic E-state index is 13.8. The fraction of sp³-hybridized carbons (Fsp3) is 0.500. The fourth-order valence-electron chi connectivity index (χ4n) is 4.19. The smallest absolute Gasteiger partial charge is 0.267 e. The normalized spacial score (nSPS) is 16.6. The minimum absolute atomic E-state index is 0.0653. The first kappa shape index (κ1) is 21.4. The number of benzene rings is 1. The lowest BCUT2D eigenvalue weighted by molar-refractivity contribution is 0.218. The summed E-state index contributed by atoms with van der Waals surface area (Å²) in [5.74, 6) is 2.37. The number of aryl methyl sites for hydroxylation is 1. The summed E-state index contributed by atoms with van der Waals surface area (Å²) in [6.07, 6.45) is 4.20. The van der Waals surface area contributed by atoms with Crippen molar-refractivity contribution in [1.82, 2.24) is 9.55 Å². The number of ether oxygens (including phenoxy) is 1. The highest BCUT2D eigenvalue weighted by molar-refractivity contribution is 7.99. The molecule has 1 atom stereocenters. The molecule has 0 N–H and O–H groups in total. The van der Waals surface area contributed by atoms with Crippen molar-refractivity contribution in [2.45, 2.75) is 58.5 Å². The van der Waals surface area contributed by atoms with E-state index in [0.717, 1.165) is 58.2 Å². The van der Waals surface area contributed by atoms with E-state index >= 15 is 0 Å². The second-order valence-electron chi connectivity index (χ2n) is 9.07. The van der Waals surface area contributed by atoms with Gasteiger partial charge in [0, 0.05) is 10.6 Å².